The number of nitrogens with zero attached hydrogens (tertiary/aromatic N) is 2. The summed E-state index contributed by atoms with van der Waals surface area (Å²) in [4.78, 5) is 26.4. The van der Waals surface area contributed by atoms with Crippen molar-refractivity contribution in [2.45, 2.75) is 38.6 Å². The normalized spacial score (nSPS) is 17.9. The first-order chi connectivity index (χ1) is 10.7. The lowest BCUT2D eigenvalue weighted by Gasteiger charge is -2.24. The first-order valence-electron chi connectivity index (χ1n) is 7.73. The van der Waals surface area contributed by atoms with E-state index in [2.05, 4.69) is 15.5 Å². The Kier molecular flexibility index (Phi) is 4.09. The molecule has 0 bridgehead atoms. The molecule has 0 spiro atoms. The molecule has 22 heavy (non-hydrogen) atoms. The van der Waals surface area contributed by atoms with Crippen LogP contribution in [0.1, 0.15) is 32.6 Å². The third-order valence-electron chi connectivity index (χ3n) is 4.07. The van der Waals surface area contributed by atoms with E-state index in [1.807, 2.05) is 25.1 Å². The van der Waals surface area contributed by atoms with Crippen molar-refractivity contribution >= 4 is 28.4 Å². The highest BCUT2D eigenvalue weighted by molar-refractivity contribution is 6.03. The summed E-state index contributed by atoms with van der Waals surface area (Å²) in [6, 6.07) is 5.28. The molecule has 1 saturated heterocycles. The van der Waals surface area contributed by atoms with Gasteiger partial charge in [0.25, 0.3) is 0 Å². The van der Waals surface area contributed by atoms with Crippen molar-refractivity contribution in [1.29, 1.82) is 0 Å². The van der Waals surface area contributed by atoms with Gasteiger partial charge in [-0.1, -0.05) is 19.1 Å². The number of aromatic nitrogens is 2. The maximum absolute atomic E-state index is 12.6. The second-order valence-corrected chi connectivity index (χ2v) is 5.62. The molecule has 1 atom stereocenters. The molecule has 3 rings (SSSR count). The summed E-state index contributed by atoms with van der Waals surface area (Å²) in [7, 11) is 0. The molecule has 2 N–H and O–H groups in total. The number of nitrogens with one attached hydrogen (secondary N) is 2. The van der Waals surface area contributed by atoms with Gasteiger partial charge < -0.3 is 10.2 Å². The Morgan fingerprint density at radius 1 is 1.45 bits per heavy atom. The molecular formula is C16H20N4O2. The maximum Gasteiger partial charge on any atom is 0.247 e. The summed E-state index contributed by atoms with van der Waals surface area (Å²) < 4.78 is 0. The Morgan fingerprint density at radius 2 is 2.32 bits per heavy atom. The number of fused-ring (bicyclic) bond motifs is 1. The third kappa shape index (κ3) is 2.68. The third-order valence-corrected chi connectivity index (χ3v) is 4.07. The zero-order chi connectivity index (χ0) is 15.5. The van der Waals surface area contributed by atoms with Crippen molar-refractivity contribution in [3.8, 4) is 0 Å². The van der Waals surface area contributed by atoms with Crippen molar-refractivity contribution in [1.82, 2.24) is 15.1 Å². The van der Waals surface area contributed by atoms with E-state index in [1.54, 1.807) is 11.1 Å². The van der Waals surface area contributed by atoms with E-state index < -0.39 is 0 Å². The Bertz CT molecular complexity index is 694. The van der Waals surface area contributed by atoms with Gasteiger partial charge in [0.05, 0.1) is 17.4 Å². The van der Waals surface area contributed by atoms with Crippen molar-refractivity contribution in [3.05, 3.63) is 24.4 Å². The van der Waals surface area contributed by atoms with Crippen LogP contribution in [0.25, 0.3) is 10.9 Å². The molecule has 1 aromatic heterocycles. The smallest absolute Gasteiger partial charge is 0.247 e. The molecule has 0 aliphatic carbocycles. The van der Waals surface area contributed by atoms with E-state index in [-0.39, 0.29) is 17.9 Å². The van der Waals surface area contributed by atoms with Crippen molar-refractivity contribution in [3.63, 3.8) is 0 Å². The minimum Gasteiger partial charge on any atom is -0.331 e. The standard InChI is InChI=1S/C16H20N4O2/c1-2-5-14(21)20-9-4-8-13(20)16(22)18-12-7-3-6-11-10-17-19-15(11)12/h3,6-7,10,13H,2,4-5,8-9H2,1H3,(H,17,19)(H,18,22). The average molecular weight is 300 g/mol. The second-order valence-electron chi connectivity index (χ2n) is 5.62. The lowest BCUT2D eigenvalue weighted by atomic mass is 10.1. The predicted octanol–water partition coefficient (Wildman–Crippen LogP) is 2.29. The zero-order valence-electron chi connectivity index (χ0n) is 12.6. The van der Waals surface area contributed by atoms with Crippen LogP contribution in [0.4, 0.5) is 5.69 Å². The summed E-state index contributed by atoms with van der Waals surface area (Å²) in [6.07, 6.45) is 4.62. The molecule has 1 unspecified atom stereocenters. The summed E-state index contributed by atoms with van der Waals surface area (Å²) in [5.41, 5.74) is 1.51. The zero-order valence-corrected chi connectivity index (χ0v) is 12.6. The number of para-hydroxylation sites is 1. The van der Waals surface area contributed by atoms with E-state index in [0.29, 0.717) is 18.7 Å². The van der Waals surface area contributed by atoms with E-state index in [9.17, 15) is 9.59 Å². The molecule has 1 aromatic carbocycles. The number of benzene rings is 1. The van der Waals surface area contributed by atoms with Crippen LogP contribution in [0.5, 0.6) is 0 Å². The minimum absolute atomic E-state index is 0.0694. The lowest BCUT2D eigenvalue weighted by Crippen LogP contribution is -2.43. The van der Waals surface area contributed by atoms with Crippen LogP contribution >= 0.6 is 0 Å². The molecule has 1 aliphatic rings. The highest BCUT2D eigenvalue weighted by atomic mass is 16.2. The highest BCUT2D eigenvalue weighted by Crippen LogP contribution is 2.24. The molecule has 1 fully saturated rings. The van der Waals surface area contributed by atoms with E-state index >= 15 is 0 Å². The number of amides is 2. The quantitative estimate of drug-likeness (QED) is 0.909. The van der Waals surface area contributed by atoms with Gasteiger partial charge in [0.15, 0.2) is 0 Å². The lowest BCUT2D eigenvalue weighted by molar-refractivity contribution is -0.136. The Morgan fingerprint density at radius 3 is 3.14 bits per heavy atom. The van der Waals surface area contributed by atoms with E-state index in [4.69, 9.17) is 0 Å². The number of H-pyrrole nitrogens is 1. The number of hydrogen-bond donors (Lipinski definition) is 2. The molecule has 116 valence electrons. The summed E-state index contributed by atoms with van der Waals surface area (Å²) in [5.74, 6) is -0.0519. The van der Waals surface area contributed by atoms with Gasteiger partial charge in [0, 0.05) is 18.4 Å². The fourth-order valence-corrected chi connectivity index (χ4v) is 2.98. The molecule has 0 radical (unpaired) electrons. The summed E-state index contributed by atoms with van der Waals surface area (Å²) in [6.45, 7) is 2.65. The maximum atomic E-state index is 12.6. The fraction of sp³-hybridized carbons (Fsp3) is 0.438. The molecule has 2 heterocycles. The van der Waals surface area contributed by atoms with Crippen LogP contribution in [0.15, 0.2) is 24.4 Å². The van der Waals surface area contributed by atoms with Crippen molar-refractivity contribution in [2.24, 2.45) is 0 Å². The van der Waals surface area contributed by atoms with Crippen LogP contribution < -0.4 is 5.32 Å². The molecular weight excluding hydrogens is 280 g/mol. The SMILES string of the molecule is CCCC(=O)N1CCCC1C(=O)Nc1cccc2cn[nH]c12. The van der Waals surface area contributed by atoms with Crippen LogP contribution in [-0.4, -0.2) is 39.5 Å². The average Bonchev–Trinajstić information content (AvgIpc) is 3.17. The molecule has 0 saturated carbocycles. The predicted molar refractivity (Wildman–Crippen MR) is 84.4 cm³/mol. The van der Waals surface area contributed by atoms with Crippen LogP contribution in [0.3, 0.4) is 0 Å². The largest absolute Gasteiger partial charge is 0.331 e. The van der Waals surface area contributed by atoms with Gasteiger partial charge in [-0.15, -0.1) is 0 Å². The van der Waals surface area contributed by atoms with Gasteiger partial charge >= 0.3 is 0 Å². The Balaban J connectivity index is 1.76. The highest BCUT2D eigenvalue weighted by Gasteiger charge is 2.33. The molecule has 2 amide bonds. The number of anilines is 1. The number of likely N-dealkylation sites (tertiary alicyclic amines) is 1. The van der Waals surface area contributed by atoms with Gasteiger partial charge in [-0.05, 0) is 25.3 Å². The molecule has 6 heteroatoms. The van der Waals surface area contributed by atoms with Crippen LogP contribution in [0, 0.1) is 0 Å². The summed E-state index contributed by atoms with van der Waals surface area (Å²) in [5, 5.41) is 10.8. The van der Waals surface area contributed by atoms with Crippen molar-refractivity contribution in [2.75, 3.05) is 11.9 Å². The fourth-order valence-electron chi connectivity index (χ4n) is 2.98. The number of carbonyl (C=O) groups is 2. The van der Waals surface area contributed by atoms with Crippen LogP contribution in [-0.2, 0) is 9.59 Å². The molecule has 2 aromatic rings. The Hall–Kier alpha value is -2.37. The summed E-state index contributed by atoms with van der Waals surface area (Å²) >= 11 is 0. The molecule has 6 nitrogen and oxygen atoms in total. The van der Waals surface area contributed by atoms with Crippen molar-refractivity contribution < 1.29 is 9.59 Å². The van der Waals surface area contributed by atoms with Gasteiger partial charge in [0.2, 0.25) is 11.8 Å². The number of carbonyl (C=O) groups excluding carboxylic acids is 2. The number of aromatic amines is 1. The monoisotopic (exact) mass is 300 g/mol. The van der Waals surface area contributed by atoms with Crippen LogP contribution in [0.2, 0.25) is 0 Å². The topological polar surface area (TPSA) is 78.1 Å². The first kappa shape index (κ1) is 14.6. The molecule has 1 aliphatic heterocycles. The van der Waals surface area contributed by atoms with Gasteiger partial charge in [-0.2, -0.15) is 5.10 Å². The van der Waals surface area contributed by atoms with Gasteiger partial charge in [0.1, 0.15) is 6.04 Å². The number of rotatable bonds is 4. The first-order valence-corrected chi connectivity index (χ1v) is 7.73. The van der Waals surface area contributed by atoms with Gasteiger partial charge in [-0.3, -0.25) is 14.7 Å². The Labute approximate surface area is 128 Å². The minimum atomic E-state index is -0.364. The van der Waals surface area contributed by atoms with E-state index in [1.165, 1.54) is 0 Å². The second kappa shape index (κ2) is 6.17. The number of hydrogen-bond acceptors (Lipinski definition) is 3. The van der Waals surface area contributed by atoms with Gasteiger partial charge in [-0.25, -0.2) is 0 Å². The van der Waals surface area contributed by atoms with E-state index in [0.717, 1.165) is 30.2 Å².